The number of benzene rings is 2. The van der Waals surface area contributed by atoms with E-state index in [9.17, 15) is 4.79 Å². The van der Waals surface area contributed by atoms with Crippen LogP contribution in [0, 0.1) is 0 Å². The SMILES string of the molecule is CCOc1cc(C(=O)N2CCN(c3ccc(-c4ccc5c(c4)OCO5)nn3)CC2)cc(OCC)c1OCC. The van der Waals surface area contributed by atoms with E-state index in [0.29, 0.717) is 74.6 Å². The van der Waals surface area contributed by atoms with Crippen molar-refractivity contribution in [3.8, 4) is 40.0 Å². The highest BCUT2D eigenvalue weighted by Crippen LogP contribution is 2.39. The number of nitrogens with zero attached hydrogens (tertiary/aromatic N) is 4. The number of hydrogen-bond acceptors (Lipinski definition) is 9. The quantitative estimate of drug-likeness (QED) is 0.414. The smallest absolute Gasteiger partial charge is 0.254 e. The highest BCUT2D eigenvalue weighted by Gasteiger charge is 2.26. The van der Waals surface area contributed by atoms with E-state index in [1.807, 2.05) is 56.0 Å². The molecule has 0 radical (unpaired) electrons. The van der Waals surface area contributed by atoms with Crippen molar-refractivity contribution >= 4 is 11.7 Å². The highest BCUT2D eigenvalue weighted by atomic mass is 16.7. The zero-order chi connectivity index (χ0) is 26.5. The predicted molar refractivity (Wildman–Crippen MR) is 142 cm³/mol. The van der Waals surface area contributed by atoms with Crippen LogP contribution in [0.25, 0.3) is 11.3 Å². The lowest BCUT2D eigenvalue weighted by molar-refractivity contribution is 0.0745. The van der Waals surface area contributed by atoms with Crippen molar-refractivity contribution in [3.63, 3.8) is 0 Å². The Morgan fingerprint density at radius 1 is 0.816 bits per heavy atom. The first-order chi connectivity index (χ1) is 18.6. The van der Waals surface area contributed by atoms with Gasteiger partial charge in [0.1, 0.15) is 0 Å². The van der Waals surface area contributed by atoms with Gasteiger partial charge in [0.15, 0.2) is 28.8 Å². The maximum Gasteiger partial charge on any atom is 0.254 e. The zero-order valence-electron chi connectivity index (χ0n) is 21.9. The van der Waals surface area contributed by atoms with Crippen molar-refractivity contribution in [2.45, 2.75) is 20.8 Å². The molecule has 3 heterocycles. The first-order valence-corrected chi connectivity index (χ1v) is 13.0. The molecule has 1 saturated heterocycles. The summed E-state index contributed by atoms with van der Waals surface area (Å²) in [6.07, 6.45) is 0. The van der Waals surface area contributed by atoms with Gasteiger partial charge in [-0.25, -0.2) is 0 Å². The van der Waals surface area contributed by atoms with Crippen LogP contribution < -0.4 is 28.6 Å². The van der Waals surface area contributed by atoms with Crippen LogP contribution >= 0.6 is 0 Å². The summed E-state index contributed by atoms with van der Waals surface area (Å²) < 4.78 is 28.2. The summed E-state index contributed by atoms with van der Waals surface area (Å²) in [6.45, 7) is 9.73. The molecule has 0 bridgehead atoms. The van der Waals surface area contributed by atoms with Crippen LogP contribution in [0.1, 0.15) is 31.1 Å². The van der Waals surface area contributed by atoms with E-state index in [0.717, 1.165) is 22.8 Å². The van der Waals surface area contributed by atoms with Crippen LogP contribution in [-0.2, 0) is 0 Å². The largest absolute Gasteiger partial charge is 0.490 e. The number of ether oxygens (including phenoxy) is 5. The molecular weight excluding hydrogens is 488 g/mol. The van der Waals surface area contributed by atoms with Gasteiger partial charge in [0.25, 0.3) is 5.91 Å². The van der Waals surface area contributed by atoms with Crippen molar-refractivity contribution in [3.05, 3.63) is 48.0 Å². The molecule has 10 nitrogen and oxygen atoms in total. The topological polar surface area (TPSA) is 95.5 Å². The second-order valence-corrected chi connectivity index (χ2v) is 8.72. The van der Waals surface area contributed by atoms with Crippen molar-refractivity contribution in [2.24, 2.45) is 0 Å². The molecule has 1 fully saturated rings. The molecule has 0 aliphatic carbocycles. The van der Waals surface area contributed by atoms with Crippen LogP contribution in [0.2, 0.25) is 0 Å². The van der Waals surface area contributed by atoms with Crippen molar-refractivity contribution in [2.75, 3.05) is 57.7 Å². The predicted octanol–water partition coefficient (Wildman–Crippen LogP) is 4.03. The lowest BCUT2D eigenvalue weighted by Crippen LogP contribution is -2.49. The summed E-state index contributed by atoms with van der Waals surface area (Å²) in [7, 11) is 0. The molecule has 0 saturated carbocycles. The van der Waals surface area contributed by atoms with Gasteiger partial charge in [-0.1, -0.05) is 0 Å². The normalized spacial score (nSPS) is 14.4. The summed E-state index contributed by atoms with van der Waals surface area (Å²) in [4.78, 5) is 17.4. The second-order valence-electron chi connectivity index (χ2n) is 8.72. The number of amides is 1. The maximum absolute atomic E-state index is 13.4. The van der Waals surface area contributed by atoms with E-state index >= 15 is 0 Å². The second kappa shape index (κ2) is 11.5. The number of hydrogen-bond donors (Lipinski definition) is 0. The molecule has 10 heteroatoms. The summed E-state index contributed by atoms with van der Waals surface area (Å²) >= 11 is 0. The fourth-order valence-electron chi connectivity index (χ4n) is 4.54. The molecule has 1 amide bonds. The van der Waals surface area contributed by atoms with Gasteiger partial charge < -0.3 is 33.5 Å². The molecule has 2 aliphatic rings. The van der Waals surface area contributed by atoms with E-state index in [-0.39, 0.29) is 12.7 Å². The zero-order valence-corrected chi connectivity index (χ0v) is 21.9. The van der Waals surface area contributed by atoms with Crippen LogP contribution in [0.5, 0.6) is 28.7 Å². The van der Waals surface area contributed by atoms with Gasteiger partial charge in [-0.05, 0) is 63.2 Å². The number of rotatable bonds is 9. The third kappa shape index (κ3) is 5.25. The fourth-order valence-corrected chi connectivity index (χ4v) is 4.54. The lowest BCUT2D eigenvalue weighted by atomic mass is 10.1. The Balaban J connectivity index is 1.25. The molecule has 2 aromatic carbocycles. The van der Waals surface area contributed by atoms with Crippen LogP contribution in [-0.4, -0.2) is 73.8 Å². The van der Waals surface area contributed by atoms with Crippen LogP contribution in [0.3, 0.4) is 0 Å². The minimum absolute atomic E-state index is 0.0705. The maximum atomic E-state index is 13.4. The van der Waals surface area contributed by atoms with Crippen molar-refractivity contribution in [1.82, 2.24) is 15.1 Å². The summed E-state index contributed by atoms with van der Waals surface area (Å²) in [5, 5.41) is 8.87. The standard InChI is InChI=1S/C28H32N4O6/c1-4-34-24-16-20(17-25(35-5-2)27(24)36-6-3)28(33)32-13-11-31(12-14-32)26-10-8-21(29-30-26)19-7-9-22-23(15-19)38-18-37-22/h7-10,15-17H,4-6,11-14,18H2,1-3H3. The van der Waals surface area contributed by atoms with Crippen LogP contribution in [0.4, 0.5) is 5.82 Å². The molecule has 0 N–H and O–H groups in total. The number of fused-ring (bicyclic) bond motifs is 1. The molecule has 1 aromatic heterocycles. The highest BCUT2D eigenvalue weighted by molar-refractivity contribution is 5.96. The van der Waals surface area contributed by atoms with Gasteiger partial charge in [0.2, 0.25) is 12.5 Å². The summed E-state index contributed by atoms with van der Waals surface area (Å²) in [6, 6.07) is 13.1. The summed E-state index contributed by atoms with van der Waals surface area (Å²) in [5.74, 6) is 3.71. The molecule has 0 spiro atoms. The van der Waals surface area contributed by atoms with Gasteiger partial charge in [-0.3, -0.25) is 4.79 Å². The third-order valence-electron chi connectivity index (χ3n) is 6.37. The molecule has 0 atom stereocenters. The fraction of sp³-hybridized carbons (Fsp3) is 0.393. The molecule has 200 valence electrons. The van der Waals surface area contributed by atoms with Gasteiger partial charge in [0, 0.05) is 37.3 Å². The van der Waals surface area contributed by atoms with Crippen molar-refractivity contribution < 1.29 is 28.5 Å². The first-order valence-electron chi connectivity index (χ1n) is 13.0. The Kier molecular flexibility index (Phi) is 7.67. The Morgan fingerprint density at radius 2 is 1.50 bits per heavy atom. The number of carbonyl (C=O) groups excluding carboxylic acids is 1. The monoisotopic (exact) mass is 520 g/mol. The van der Waals surface area contributed by atoms with E-state index in [1.54, 1.807) is 12.1 Å². The molecule has 0 unspecified atom stereocenters. The van der Waals surface area contributed by atoms with E-state index < -0.39 is 0 Å². The van der Waals surface area contributed by atoms with Crippen molar-refractivity contribution in [1.29, 1.82) is 0 Å². The number of aromatic nitrogens is 2. The minimum atomic E-state index is -0.0705. The number of carbonyl (C=O) groups is 1. The molecular formula is C28H32N4O6. The minimum Gasteiger partial charge on any atom is -0.490 e. The Labute approximate surface area is 222 Å². The molecule has 3 aromatic rings. The number of piperazine rings is 1. The van der Waals surface area contributed by atoms with Gasteiger partial charge in [-0.2, -0.15) is 0 Å². The first kappa shape index (κ1) is 25.4. The Hall–Kier alpha value is -4.21. The van der Waals surface area contributed by atoms with Gasteiger partial charge >= 0.3 is 0 Å². The van der Waals surface area contributed by atoms with E-state index in [4.69, 9.17) is 23.7 Å². The Bertz CT molecular complexity index is 1250. The van der Waals surface area contributed by atoms with Gasteiger partial charge in [-0.15, -0.1) is 10.2 Å². The number of anilines is 1. The van der Waals surface area contributed by atoms with E-state index in [1.165, 1.54) is 0 Å². The molecule has 5 rings (SSSR count). The van der Waals surface area contributed by atoms with Gasteiger partial charge in [0.05, 0.1) is 25.5 Å². The summed E-state index contributed by atoms with van der Waals surface area (Å²) in [5.41, 5.74) is 2.19. The third-order valence-corrected chi connectivity index (χ3v) is 6.37. The van der Waals surface area contributed by atoms with Crippen LogP contribution in [0.15, 0.2) is 42.5 Å². The van der Waals surface area contributed by atoms with E-state index in [2.05, 4.69) is 15.1 Å². The average Bonchev–Trinajstić information content (AvgIpc) is 3.43. The lowest BCUT2D eigenvalue weighted by Gasteiger charge is -2.35. The molecule has 2 aliphatic heterocycles. The molecule has 38 heavy (non-hydrogen) atoms. The Morgan fingerprint density at radius 3 is 2.13 bits per heavy atom. The average molecular weight is 521 g/mol.